The van der Waals surface area contributed by atoms with Crippen molar-refractivity contribution >= 4 is 11.6 Å². The molecule has 0 unspecified atom stereocenters. The summed E-state index contributed by atoms with van der Waals surface area (Å²) in [5.41, 5.74) is 11.9. The number of hydrogen-bond acceptors (Lipinski definition) is 3. The van der Waals surface area contributed by atoms with E-state index in [2.05, 4.69) is 6.92 Å². The molecule has 1 aliphatic rings. The fourth-order valence-corrected chi connectivity index (χ4v) is 2.37. The second-order valence-electron chi connectivity index (χ2n) is 5.12. The van der Waals surface area contributed by atoms with Gasteiger partial charge >= 0.3 is 0 Å². The monoisotopic (exact) mass is 248 g/mol. The van der Waals surface area contributed by atoms with Crippen molar-refractivity contribution in [1.29, 1.82) is 0 Å². The third-order valence-corrected chi connectivity index (χ3v) is 3.53. The number of nitrogen functional groups attached to an aromatic ring is 1. The highest BCUT2D eigenvalue weighted by atomic mass is 16.5. The molecule has 2 rings (SSSR count). The Bertz CT molecular complexity index is 437. The molecule has 1 aliphatic carbocycles. The van der Waals surface area contributed by atoms with Crippen molar-refractivity contribution in [2.45, 2.75) is 38.7 Å². The Morgan fingerprint density at radius 3 is 2.56 bits per heavy atom. The summed E-state index contributed by atoms with van der Waals surface area (Å²) in [4.78, 5) is 11.4. The normalized spacial score (nSPS) is 23.6. The van der Waals surface area contributed by atoms with E-state index in [0.717, 1.165) is 18.8 Å². The van der Waals surface area contributed by atoms with Gasteiger partial charge in [-0.3, -0.25) is 4.79 Å². The largest absolute Gasteiger partial charge is 0.490 e. The molecule has 1 aromatic rings. The molecule has 0 aliphatic heterocycles. The third kappa shape index (κ3) is 2.94. The van der Waals surface area contributed by atoms with E-state index in [-0.39, 0.29) is 6.10 Å². The van der Waals surface area contributed by atoms with Crippen LogP contribution in [0.3, 0.4) is 0 Å². The Hall–Kier alpha value is -1.71. The highest BCUT2D eigenvalue weighted by Gasteiger charge is 2.21. The van der Waals surface area contributed by atoms with Gasteiger partial charge in [0.25, 0.3) is 5.91 Å². The summed E-state index contributed by atoms with van der Waals surface area (Å²) in [5, 5.41) is 0. The predicted molar refractivity (Wildman–Crippen MR) is 71.4 cm³/mol. The van der Waals surface area contributed by atoms with Gasteiger partial charge in [0, 0.05) is 5.69 Å². The molecular formula is C14H20N2O2. The van der Waals surface area contributed by atoms with E-state index in [1.54, 1.807) is 18.2 Å². The average molecular weight is 248 g/mol. The Morgan fingerprint density at radius 1 is 1.28 bits per heavy atom. The van der Waals surface area contributed by atoms with Crippen molar-refractivity contribution in [1.82, 2.24) is 0 Å². The molecule has 1 aromatic carbocycles. The molecule has 1 fully saturated rings. The highest BCUT2D eigenvalue weighted by Crippen LogP contribution is 2.29. The summed E-state index contributed by atoms with van der Waals surface area (Å²) in [6.07, 6.45) is 4.59. The summed E-state index contributed by atoms with van der Waals surface area (Å²) in [7, 11) is 0. The Labute approximate surface area is 107 Å². The Kier molecular flexibility index (Phi) is 3.75. The molecule has 0 saturated heterocycles. The summed E-state index contributed by atoms with van der Waals surface area (Å²) in [5.74, 6) is 0.824. The van der Waals surface area contributed by atoms with E-state index in [0.29, 0.717) is 17.0 Å². The van der Waals surface area contributed by atoms with E-state index < -0.39 is 5.91 Å². The first-order valence-corrected chi connectivity index (χ1v) is 6.42. The fraction of sp³-hybridized carbons (Fsp3) is 0.500. The number of nitrogens with two attached hydrogens (primary N) is 2. The van der Waals surface area contributed by atoms with E-state index in [4.69, 9.17) is 16.2 Å². The first kappa shape index (κ1) is 12.7. The molecule has 1 saturated carbocycles. The lowest BCUT2D eigenvalue weighted by atomic mass is 9.89. The number of hydrogen-bond donors (Lipinski definition) is 2. The van der Waals surface area contributed by atoms with Gasteiger partial charge in [-0.25, -0.2) is 0 Å². The molecule has 0 radical (unpaired) electrons. The van der Waals surface area contributed by atoms with Crippen LogP contribution >= 0.6 is 0 Å². The van der Waals surface area contributed by atoms with Gasteiger partial charge in [-0.05, 0) is 49.8 Å². The van der Waals surface area contributed by atoms with Crippen LogP contribution in [0.15, 0.2) is 18.2 Å². The van der Waals surface area contributed by atoms with E-state index in [1.165, 1.54) is 12.8 Å². The number of anilines is 1. The van der Waals surface area contributed by atoms with Gasteiger partial charge < -0.3 is 16.2 Å². The third-order valence-electron chi connectivity index (χ3n) is 3.53. The number of primary amides is 1. The van der Waals surface area contributed by atoms with E-state index >= 15 is 0 Å². The molecule has 0 aromatic heterocycles. The maximum Gasteiger partial charge on any atom is 0.252 e. The zero-order chi connectivity index (χ0) is 13.1. The molecule has 4 nitrogen and oxygen atoms in total. The van der Waals surface area contributed by atoms with Gasteiger partial charge in [0.2, 0.25) is 0 Å². The van der Waals surface area contributed by atoms with Crippen molar-refractivity contribution < 1.29 is 9.53 Å². The molecule has 0 atom stereocenters. The lowest BCUT2D eigenvalue weighted by Crippen LogP contribution is -2.24. The molecule has 18 heavy (non-hydrogen) atoms. The van der Waals surface area contributed by atoms with Crippen LogP contribution in [0.25, 0.3) is 0 Å². The van der Waals surface area contributed by atoms with Gasteiger partial charge in [-0.2, -0.15) is 0 Å². The molecule has 0 spiro atoms. The van der Waals surface area contributed by atoms with Gasteiger partial charge in [-0.15, -0.1) is 0 Å². The van der Waals surface area contributed by atoms with Gasteiger partial charge in [0.05, 0.1) is 11.7 Å². The van der Waals surface area contributed by atoms with Crippen LogP contribution in [0, 0.1) is 5.92 Å². The summed E-state index contributed by atoms with van der Waals surface area (Å²) < 4.78 is 5.89. The zero-order valence-electron chi connectivity index (χ0n) is 10.7. The first-order valence-electron chi connectivity index (χ1n) is 6.42. The van der Waals surface area contributed by atoms with Crippen molar-refractivity contribution in [2.24, 2.45) is 11.7 Å². The van der Waals surface area contributed by atoms with Crippen LogP contribution in [0.4, 0.5) is 5.69 Å². The van der Waals surface area contributed by atoms with Crippen LogP contribution in [0.1, 0.15) is 43.0 Å². The van der Waals surface area contributed by atoms with Crippen LogP contribution < -0.4 is 16.2 Å². The molecule has 1 amide bonds. The van der Waals surface area contributed by atoms with E-state index in [1.807, 2.05) is 0 Å². The number of rotatable bonds is 3. The molecule has 98 valence electrons. The topological polar surface area (TPSA) is 78.3 Å². The van der Waals surface area contributed by atoms with Crippen LogP contribution in [-0.2, 0) is 0 Å². The maximum absolute atomic E-state index is 11.4. The Morgan fingerprint density at radius 2 is 1.94 bits per heavy atom. The first-order chi connectivity index (χ1) is 8.56. The standard InChI is InChI=1S/C14H20N2O2/c1-9-2-5-11(6-3-9)18-13-7-4-10(15)8-12(13)14(16)17/h4,7-9,11H,2-3,5-6,15H2,1H3,(H2,16,17). The minimum absolute atomic E-state index is 0.183. The number of benzene rings is 1. The van der Waals surface area contributed by atoms with Gasteiger partial charge in [-0.1, -0.05) is 6.92 Å². The fourth-order valence-electron chi connectivity index (χ4n) is 2.37. The van der Waals surface area contributed by atoms with Crippen molar-refractivity contribution in [2.75, 3.05) is 5.73 Å². The number of amides is 1. The van der Waals surface area contributed by atoms with Gasteiger partial charge in [0.15, 0.2) is 0 Å². The van der Waals surface area contributed by atoms with Crippen molar-refractivity contribution in [3.8, 4) is 5.75 Å². The molecular weight excluding hydrogens is 228 g/mol. The Balaban J connectivity index is 2.11. The summed E-state index contributed by atoms with van der Waals surface area (Å²) in [6.45, 7) is 2.26. The smallest absolute Gasteiger partial charge is 0.252 e. The number of carbonyl (C=O) groups is 1. The maximum atomic E-state index is 11.4. The highest BCUT2D eigenvalue weighted by molar-refractivity contribution is 5.96. The van der Waals surface area contributed by atoms with Crippen LogP contribution in [0.2, 0.25) is 0 Å². The van der Waals surface area contributed by atoms with E-state index in [9.17, 15) is 4.79 Å². The van der Waals surface area contributed by atoms with Crippen LogP contribution in [-0.4, -0.2) is 12.0 Å². The minimum atomic E-state index is -0.499. The average Bonchev–Trinajstić information content (AvgIpc) is 2.34. The zero-order valence-corrected chi connectivity index (χ0v) is 10.7. The molecule has 0 bridgehead atoms. The molecule has 0 heterocycles. The molecule has 4 heteroatoms. The lowest BCUT2D eigenvalue weighted by Gasteiger charge is -2.27. The SMILES string of the molecule is CC1CCC(Oc2ccc(N)cc2C(N)=O)CC1. The van der Waals surface area contributed by atoms with Crippen molar-refractivity contribution in [3.63, 3.8) is 0 Å². The quantitative estimate of drug-likeness (QED) is 0.806. The molecule has 4 N–H and O–H groups in total. The van der Waals surface area contributed by atoms with Crippen LogP contribution in [0.5, 0.6) is 5.75 Å². The second kappa shape index (κ2) is 5.29. The van der Waals surface area contributed by atoms with Gasteiger partial charge in [0.1, 0.15) is 5.75 Å². The lowest BCUT2D eigenvalue weighted by molar-refractivity contribution is 0.0983. The number of ether oxygens (including phenoxy) is 1. The predicted octanol–water partition coefficient (Wildman–Crippen LogP) is 2.33. The van der Waals surface area contributed by atoms with Crippen molar-refractivity contribution in [3.05, 3.63) is 23.8 Å². The minimum Gasteiger partial charge on any atom is -0.490 e. The number of carbonyl (C=O) groups excluding carboxylic acids is 1. The summed E-state index contributed by atoms with van der Waals surface area (Å²) >= 11 is 0. The second-order valence-corrected chi connectivity index (χ2v) is 5.12. The summed E-state index contributed by atoms with van der Waals surface area (Å²) in [6, 6.07) is 5.03.